The number of benzene rings is 1. The van der Waals surface area contributed by atoms with E-state index in [1.54, 1.807) is 31.3 Å². The fourth-order valence-electron chi connectivity index (χ4n) is 4.02. The average molecular weight is 472 g/mol. The van der Waals surface area contributed by atoms with E-state index in [1.807, 2.05) is 4.90 Å². The van der Waals surface area contributed by atoms with Gasteiger partial charge in [-0.3, -0.25) is 25.3 Å². The molecule has 11 heteroatoms. The van der Waals surface area contributed by atoms with Gasteiger partial charge in [0.1, 0.15) is 0 Å². The largest absolute Gasteiger partial charge is 0.292 e. The summed E-state index contributed by atoms with van der Waals surface area (Å²) < 4.78 is 28.9. The molecule has 1 saturated heterocycles. The van der Waals surface area contributed by atoms with E-state index in [-0.39, 0.29) is 24.1 Å². The lowest BCUT2D eigenvalue weighted by Crippen LogP contribution is -2.56. The molecule has 2 amide bonds. The molecule has 3 rings (SSSR count). The summed E-state index contributed by atoms with van der Waals surface area (Å²) in [6, 6.07) is 6.63. The predicted octanol–water partition coefficient (Wildman–Crippen LogP) is 1.23. The molecule has 0 unspecified atom stereocenters. The average Bonchev–Trinajstić information content (AvgIpc) is 2.78. The number of hydrazine groups is 1. The summed E-state index contributed by atoms with van der Waals surface area (Å²) >= 11 is 5.97. The second kappa shape index (κ2) is 10.7. The topological polar surface area (TPSA) is 102 Å². The normalized spacial score (nSPS) is 19.3. The van der Waals surface area contributed by atoms with Crippen LogP contribution in [0, 0.1) is 0 Å². The Balaban J connectivity index is 1.43. The van der Waals surface area contributed by atoms with Gasteiger partial charge < -0.3 is 0 Å². The molecule has 0 atom stereocenters. The Morgan fingerprint density at radius 3 is 2.35 bits per heavy atom. The van der Waals surface area contributed by atoms with Crippen LogP contribution in [-0.4, -0.2) is 79.6 Å². The number of hydrogen-bond donors (Lipinski definition) is 2. The van der Waals surface area contributed by atoms with E-state index in [9.17, 15) is 18.0 Å². The molecule has 9 nitrogen and oxygen atoms in total. The number of nitrogens with one attached hydrogen (secondary N) is 2. The zero-order valence-corrected chi connectivity index (χ0v) is 19.3. The van der Waals surface area contributed by atoms with Crippen molar-refractivity contribution in [2.24, 2.45) is 0 Å². The van der Waals surface area contributed by atoms with E-state index in [0.29, 0.717) is 31.2 Å². The first-order valence-electron chi connectivity index (χ1n) is 10.6. The van der Waals surface area contributed by atoms with Crippen LogP contribution in [0.5, 0.6) is 0 Å². The van der Waals surface area contributed by atoms with E-state index in [0.717, 1.165) is 25.7 Å². The molecule has 1 saturated carbocycles. The Hall–Kier alpha value is -1.72. The van der Waals surface area contributed by atoms with Gasteiger partial charge in [-0.05, 0) is 25.0 Å². The molecule has 2 N–H and O–H groups in total. The molecular weight excluding hydrogens is 442 g/mol. The van der Waals surface area contributed by atoms with Crippen LogP contribution in [0.4, 0.5) is 0 Å². The second-order valence-corrected chi connectivity index (χ2v) is 10.4. The Kier molecular flexibility index (Phi) is 8.29. The molecular formula is C20H30ClN5O4S. The number of piperazine rings is 1. The van der Waals surface area contributed by atoms with Gasteiger partial charge in [0.25, 0.3) is 22.0 Å². The first-order valence-corrected chi connectivity index (χ1v) is 12.4. The van der Waals surface area contributed by atoms with Crippen LogP contribution < -0.4 is 10.9 Å². The second-order valence-electron chi connectivity index (χ2n) is 7.97. The van der Waals surface area contributed by atoms with Gasteiger partial charge in [-0.1, -0.05) is 43.0 Å². The molecule has 0 aromatic heterocycles. The molecule has 1 aliphatic carbocycles. The lowest BCUT2D eigenvalue weighted by atomic mass is 9.96. The molecule has 31 heavy (non-hydrogen) atoms. The number of nitrogens with zero attached hydrogens (tertiary/aromatic N) is 3. The van der Waals surface area contributed by atoms with Crippen LogP contribution in [0.15, 0.2) is 24.3 Å². The van der Waals surface area contributed by atoms with Crippen molar-refractivity contribution in [2.45, 2.75) is 38.1 Å². The quantitative estimate of drug-likeness (QED) is 0.607. The molecule has 172 valence electrons. The number of carbonyl (C=O) groups excluding carboxylic acids is 2. The van der Waals surface area contributed by atoms with Gasteiger partial charge in [-0.15, -0.1) is 0 Å². The van der Waals surface area contributed by atoms with Crippen molar-refractivity contribution < 1.29 is 18.0 Å². The lowest BCUT2D eigenvalue weighted by molar-refractivity contribution is -0.123. The standard InChI is InChI=1S/C20H30ClN5O4S/c1-24(16-7-3-2-4-8-16)31(29,30)26-13-11-25(12-14-26)15-19(27)22-23-20(28)17-9-5-6-10-18(17)21/h5-6,9-10,16H,2-4,7-8,11-15H2,1H3,(H,22,27)(H,23,28). The third-order valence-electron chi connectivity index (χ3n) is 5.91. The molecule has 0 spiro atoms. The summed E-state index contributed by atoms with van der Waals surface area (Å²) in [5.41, 5.74) is 5.00. The lowest BCUT2D eigenvalue weighted by Gasteiger charge is -2.38. The van der Waals surface area contributed by atoms with E-state index in [1.165, 1.54) is 15.0 Å². The Bertz CT molecular complexity index is 883. The third kappa shape index (κ3) is 6.17. The van der Waals surface area contributed by atoms with Crippen molar-refractivity contribution >= 4 is 33.6 Å². The van der Waals surface area contributed by atoms with Crippen LogP contribution in [0.2, 0.25) is 5.02 Å². The van der Waals surface area contributed by atoms with Crippen molar-refractivity contribution in [3.63, 3.8) is 0 Å². The minimum Gasteiger partial charge on any atom is -0.292 e. The molecule has 0 radical (unpaired) electrons. The minimum atomic E-state index is -3.50. The van der Waals surface area contributed by atoms with Crippen LogP contribution in [0.3, 0.4) is 0 Å². The third-order valence-corrected chi connectivity index (χ3v) is 8.28. The summed E-state index contributed by atoms with van der Waals surface area (Å²) in [6.45, 7) is 1.62. The van der Waals surface area contributed by atoms with Crippen molar-refractivity contribution in [3.05, 3.63) is 34.9 Å². The Morgan fingerprint density at radius 1 is 1.06 bits per heavy atom. The first kappa shape index (κ1) is 23.9. The zero-order chi connectivity index (χ0) is 22.4. The highest BCUT2D eigenvalue weighted by atomic mass is 35.5. The summed E-state index contributed by atoms with van der Waals surface area (Å²) in [5.74, 6) is -0.878. The van der Waals surface area contributed by atoms with Crippen molar-refractivity contribution in [2.75, 3.05) is 39.8 Å². The van der Waals surface area contributed by atoms with Gasteiger partial charge in [-0.25, -0.2) is 0 Å². The van der Waals surface area contributed by atoms with E-state index in [4.69, 9.17) is 11.6 Å². The highest BCUT2D eigenvalue weighted by Gasteiger charge is 2.34. The van der Waals surface area contributed by atoms with Gasteiger partial charge in [0.2, 0.25) is 0 Å². The highest BCUT2D eigenvalue weighted by Crippen LogP contribution is 2.25. The molecule has 1 aromatic carbocycles. The summed E-state index contributed by atoms with van der Waals surface area (Å²) in [6.07, 6.45) is 5.14. The van der Waals surface area contributed by atoms with Gasteiger partial charge in [0, 0.05) is 39.3 Å². The van der Waals surface area contributed by atoms with Crippen LogP contribution in [0.25, 0.3) is 0 Å². The maximum atomic E-state index is 12.9. The molecule has 0 bridgehead atoms. The zero-order valence-electron chi connectivity index (χ0n) is 17.7. The van der Waals surface area contributed by atoms with Gasteiger partial charge in [-0.2, -0.15) is 17.0 Å². The molecule has 1 aromatic rings. The fourth-order valence-corrected chi connectivity index (χ4v) is 5.81. The van der Waals surface area contributed by atoms with E-state index in [2.05, 4.69) is 10.9 Å². The summed E-state index contributed by atoms with van der Waals surface area (Å²) in [4.78, 5) is 26.2. The molecule has 1 heterocycles. The number of hydrogen-bond acceptors (Lipinski definition) is 5. The number of rotatable bonds is 6. The van der Waals surface area contributed by atoms with Crippen molar-refractivity contribution in [1.82, 2.24) is 24.4 Å². The van der Waals surface area contributed by atoms with Crippen LogP contribution in [0.1, 0.15) is 42.5 Å². The Morgan fingerprint density at radius 2 is 1.71 bits per heavy atom. The minimum absolute atomic E-state index is 0.0646. The monoisotopic (exact) mass is 471 g/mol. The molecule has 1 aliphatic heterocycles. The molecule has 2 fully saturated rings. The highest BCUT2D eigenvalue weighted by molar-refractivity contribution is 7.86. The van der Waals surface area contributed by atoms with Crippen molar-refractivity contribution in [1.29, 1.82) is 0 Å². The first-order chi connectivity index (χ1) is 14.8. The number of amides is 2. The van der Waals surface area contributed by atoms with Gasteiger partial charge in [0.05, 0.1) is 17.1 Å². The SMILES string of the molecule is CN(C1CCCCC1)S(=O)(=O)N1CCN(CC(=O)NNC(=O)c2ccccc2Cl)CC1. The van der Waals surface area contributed by atoms with Crippen LogP contribution >= 0.6 is 11.6 Å². The molecule has 2 aliphatic rings. The maximum Gasteiger partial charge on any atom is 0.282 e. The number of carbonyl (C=O) groups is 2. The van der Waals surface area contributed by atoms with Gasteiger partial charge >= 0.3 is 0 Å². The fraction of sp³-hybridized carbons (Fsp3) is 0.600. The smallest absolute Gasteiger partial charge is 0.282 e. The summed E-state index contributed by atoms with van der Waals surface area (Å²) in [5, 5.41) is 0.296. The van der Waals surface area contributed by atoms with E-state index < -0.39 is 16.1 Å². The number of halogens is 1. The van der Waals surface area contributed by atoms with Crippen molar-refractivity contribution in [3.8, 4) is 0 Å². The van der Waals surface area contributed by atoms with Gasteiger partial charge in [0.15, 0.2) is 0 Å². The van der Waals surface area contributed by atoms with E-state index >= 15 is 0 Å². The van der Waals surface area contributed by atoms with Crippen LogP contribution in [-0.2, 0) is 15.0 Å². The predicted molar refractivity (Wildman–Crippen MR) is 119 cm³/mol. The Labute approximate surface area is 188 Å². The summed E-state index contributed by atoms with van der Waals surface area (Å²) in [7, 11) is -1.83. The maximum absolute atomic E-state index is 12.9.